The molecule has 19 heavy (non-hydrogen) atoms. The first-order chi connectivity index (χ1) is 8.96. The summed E-state index contributed by atoms with van der Waals surface area (Å²) in [5, 5.41) is 5.95. The fourth-order valence-electron chi connectivity index (χ4n) is 2.58. The van der Waals surface area contributed by atoms with Crippen LogP contribution in [-0.2, 0) is 19.4 Å². The van der Waals surface area contributed by atoms with Gasteiger partial charge in [0.15, 0.2) is 9.84 Å². The fraction of sp³-hybridized carbons (Fsp3) is 0.917. The number of hydrogen-bond acceptors (Lipinski definition) is 5. The van der Waals surface area contributed by atoms with E-state index in [0.29, 0.717) is 19.0 Å². The van der Waals surface area contributed by atoms with E-state index in [1.54, 1.807) is 0 Å². The summed E-state index contributed by atoms with van der Waals surface area (Å²) in [7, 11) is -2.98. The smallest absolute Gasteiger partial charge is 0.221 e. The molecule has 2 aliphatic heterocycles. The molecule has 0 radical (unpaired) electrons. The number of ether oxygens (including phenoxy) is 1. The highest BCUT2D eigenvalue weighted by molar-refractivity contribution is 7.91. The van der Waals surface area contributed by atoms with E-state index in [1.807, 2.05) is 6.92 Å². The molecule has 0 aromatic carbocycles. The van der Waals surface area contributed by atoms with Gasteiger partial charge in [0.1, 0.15) is 0 Å². The number of carbonyl (C=O) groups is 1. The fourth-order valence-corrected chi connectivity index (χ4v) is 4.03. The van der Waals surface area contributed by atoms with Crippen molar-refractivity contribution in [2.75, 3.05) is 31.2 Å². The molecular formula is C12H22N2O4S. The van der Waals surface area contributed by atoms with Crippen LogP contribution in [0.2, 0.25) is 0 Å². The summed E-state index contributed by atoms with van der Waals surface area (Å²) in [6.07, 6.45) is 1.38. The Hall–Kier alpha value is -0.660. The average molecular weight is 290 g/mol. The number of carbonyl (C=O) groups excluding carboxylic acids is 1. The second-order valence-corrected chi connectivity index (χ2v) is 7.63. The first-order valence-electron chi connectivity index (χ1n) is 6.78. The summed E-state index contributed by atoms with van der Waals surface area (Å²) in [5.74, 6) is 0.506. The summed E-state index contributed by atoms with van der Waals surface area (Å²) < 4.78 is 28.4. The van der Waals surface area contributed by atoms with Gasteiger partial charge in [0, 0.05) is 38.1 Å². The van der Waals surface area contributed by atoms with Crippen LogP contribution in [-0.4, -0.2) is 57.7 Å². The third-order valence-corrected chi connectivity index (χ3v) is 5.56. The Morgan fingerprint density at radius 2 is 2.26 bits per heavy atom. The lowest BCUT2D eigenvalue weighted by molar-refractivity contribution is -0.121. The van der Waals surface area contributed by atoms with Crippen molar-refractivity contribution in [3.63, 3.8) is 0 Å². The lowest BCUT2D eigenvalue weighted by atomic mass is 10.0. The van der Waals surface area contributed by atoms with Crippen LogP contribution in [0.4, 0.5) is 0 Å². The topological polar surface area (TPSA) is 84.5 Å². The van der Waals surface area contributed by atoms with Gasteiger partial charge in [-0.05, 0) is 13.3 Å². The third-order valence-electron chi connectivity index (χ3n) is 3.83. The Labute approximate surface area is 114 Å². The van der Waals surface area contributed by atoms with E-state index < -0.39 is 9.84 Å². The summed E-state index contributed by atoms with van der Waals surface area (Å²) >= 11 is 0. The summed E-state index contributed by atoms with van der Waals surface area (Å²) in [6.45, 7) is 3.82. The SMILES string of the molecule is CC1OCCC1CNC(=O)CC1CS(=O)(=O)CCN1. The van der Waals surface area contributed by atoms with E-state index in [0.717, 1.165) is 13.0 Å². The molecule has 2 heterocycles. The van der Waals surface area contributed by atoms with Crippen molar-refractivity contribution in [3.8, 4) is 0 Å². The second kappa shape index (κ2) is 6.19. The Balaban J connectivity index is 1.72. The lowest BCUT2D eigenvalue weighted by Crippen LogP contribution is -2.47. The molecular weight excluding hydrogens is 268 g/mol. The Morgan fingerprint density at radius 3 is 2.89 bits per heavy atom. The molecule has 3 unspecified atom stereocenters. The van der Waals surface area contributed by atoms with Gasteiger partial charge in [-0.15, -0.1) is 0 Å². The molecule has 0 bridgehead atoms. The van der Waals surface area contributed by atoms with Gasteiger partial charge in [-0.2, -0.15) is 0 Å². The molecule has 110 valence electrons. The maximum absolute atomic E-state index is 11.8. The molecule has 2 saturated heterocycles. The van der Waals surface area contributed by atoms with Gasteiger partial charge in [0.05, 0.1) is 17.6 Å². The maximum atomic E-state index is 11.8. The van der Waals surface area contributed by atoms with Crippen molar-refractivity contribution >= 4 is 15.7 Å². The van der Waals surface area contributed by atoms with E-state index >= 15 is 0 Å². The zero-order valence-electron chi connectivity index (χ0n) is 11.2. The number of sulfone groups is 1. The molecule has 0 aliphatic carbocycles. The van der Waals surface area contributed by atoms with Crippen LogP contribution in [0.3, 0.4) is 0 Å². The van der Waals surface area contributed by atoms with Crippen LogP contribution in [0, 0.1) is 5.92 Å². The Morgan fingerprint density at radius 1 is 1.47 bits per heavy atom. The van der Waals surface area contributed by atoms with Gasteiger partial charge in [0.2, 0.25) is 5.91 Å². The van der Waals surface area contributed by atoms with E-state index in [1.165, 1.54) is 0 Å². The third kappa shape index (κ3) is 4.43. The minimum Gasteiger partial charge on any atom is -0.378 e. The normalized spacial score (nSPS) is 34.1. The zero-order valence-corrected chi connectivity index (χ0v) is 12.0. The van der Waals surface area contributed by atoms with Crippen molar-refractivity contribution in [2.24, 2.45) is 5.92 Å². The highest BCUT2D eigenvalue weighted by Gasteiger charge is 2.27. The van der Waals surface area contributed by atoms with Crippen molar-refractivity contribution in [2.45, 2.75) is 31.9 Å². The van der Waals surface area contributed by atoms with Crippen molar-refractivity contribution in [1.29, 1.82) is 0 Å². The molecule has 2 N–H and O–H groups in total. The summed E-state index contributed by atoms with van der Waals surface area (Å²) in [5.41, 5.74) is 0. The minimum absolute atomic E-state index is 0.0589. The minimum atomic E-state index is -2.98. The van der Waals surface area contributed by atoms with Gasteiger partial charge >= 0.3 is 0 Å². The molecule has 6 nitrogen and oxygen atoms in total. The van der Waals surface area contributed by atoms with Crippen LogP contribution in [0.15, 0.2) is 0 Å². The summed E-state index contributed by atoms with van der Waals surface area (Å²) in [4.78, 5) is 11.8. The quantitative estimate of drug-likeness (QED) is 0.715. The first kappa shape index (κ1) is 14.7. The van der Waals surface area contributed by atoms with Gasteiger partial charge in [0.25, 0.3) is 0 Å². The van der Waals surface area contributed by atoms with E-state index in [9.17, 15) is 13.2 Å². The molecule has 2 rings (SSSR count). The number of hydrogen-bond donors (Lipinski definition) is 2. The molecule has 0 saturated carbocycles. The van der Waals surface area contributed by atoms with Crippen LogP contribution >= 0.6 is 0 Å². The van der Waals surface area contributed by atoms with Crippen LogP contribution in [0.25, 0.3) is 0 Å². The van der Waals surface area contributed by atoms with Gasteiger partial charge < -0.3 is 15.4 Å². The molecule has 7 heteroatoms. The predicted molar refractivity (Wildman–Crippen MR) is 71.6 cm³/mol. The Bertz CT molecular complexity index is 423. The van der Waals surface area contributed by atoms with Crippen LogP contribution < -0.4 is 10.6 Å². The first-order valence-corrected chi connectivity index (χ1v) is 8.60. The number of nitrogens with one attached hydrogen (secondary N) is 2. The summed E-state index contributed by atoms with van der Waals surface area (Å²) in [6, 6.07) is -0.254. The van der Waals surface area contributed by atoms with E-state index in [2.05, 4.69) is 10.6 Å². The molecule has 0 spiro atoms. The molecule has 0 aromatic rings. The van der Waals surface area contributed by atoms with Crippen LogP contribution in [0.5, 0.6) is 0 Å². The maximum Gasteiger partial charge on any atom is 0.221 e. The largest absolute Gasteiger partial charge is 0.378 e. The molecule has 3 atom stereocenters. The van der Waals surface area contributed by atoms with Crippen LogP contribution in [0.1, 0.15) is 19.8 Å². The van der Waals surface area contributed by atoms with E-state index in [-0.39, 0.29) is 36.0 Å². The Kier molecular flexibility index (Phi) is 4.81. The molecule has 0 aromatic heterocycles. The zero-order chi connectivity index (χ0) is 13.9. The van der Waals surface area contributed by atoms with Crippen molar-refractivity contribution < 1.29 is 17.9 Å². The van der Waals surface area contributed by atoms with Crippen molar-refractivity contribution in [3.05, 3.63) is 0 Å². The monoisotopic (exact) mass is 290 g/mol. The second-order valence-electron chi connectivity index (χ2n) is 5.40. The predicted octanol–water partition coefficient (Wildman–Crippen LogP) is -0.696. The lowest BCUT2D eigenvalue weighted by Gasteiger charge is -2.23. The van der Waals surface area contributed by atoms with Gasteiger partial charge in [-0.25, -0.2) is 8.42 Å². The number of amides is 1. The molecule has 2 aliphatic rings. The standard InChI is InChI=1S/C12H22N2O4S/c1-9-10(2-4-18-9)7-14-12(15)6-11-8-19(16,17)5-3-13-11/h9-11,13H,2-8H2,1H3,(H,14,15). The average Bonchev–Trinajstić information content (AvgIpc) is 2.71. The van der Waals surface area contributed by atoms with E-state index in [4.69, 9.17) is 4.74 Å². The highest BCUT2D eigenvalue weighted by Crippen LogP contribution is 2.19. The molecule has 1 amide bonds. The highest BCUT2D eigenvalue weighted by atomic mass is 32.2. The molecule has 2 fully saturated rings. The van der Waals surface area contributed by atoms with Crippen molar-refractivity contribution in [1.82, 2.24) is 10.6 Å². The van der Waals surface area contributed by atoms with Gasteiger partial charge in [-0.1, -0.05) is 0 Å². The van der Waals surface area contributed by atoms with Gasteiger partial charge in [-0.3, -0.25) is 4.79 Å². The number of rotatable bonds is 4.